The Balaban J connectivity index is 3.15. The van der Waals surface area contributed by atoms with E-state index in [-0.39, 0.29) is 0 Å². The smallest absolute Gasteiger partial charge is 0.242 e. The van der Waals surface area contributed by atoms with Gasteiger partial charge in [-0.1, -0.05) is 25.8 Å². The van der Waals surface area contributed by atoms with E-state index in [0.29, 0.717) is 0 Å². The lowest BCUT2D eigenvalue weighted by Crippen LogP contribution is -1.82. The summed E-state index contributed by atoms with van der Waals surface area (Å²) in [6, 6.07) is 0. The van der Waals surface area contributed by atoms with Gasteiger partial charge >= 0.3 is 5.97 Å². The number of carbonyl (C=O) groups is 1. The summed E-state index contributed by atoms with van der Waals surface area (Å²) in [5.41, 5.74) is 0. The molecule has 0 aromatic carbocycles. The molecule has 0 fully saturated rings. The zero-order valence-electron chi connectivity index (χ0n) is 5.59. The molecule has 1 radical (unpaired) electrons. The summed E-state index contributed by atoms with van der Waals surface area (Å²) >= 11 is 0. The second kappa shape index (κ2) is 5.35. The second-order valence-electron chi connectivity index (χ2n) is 1.86. The van der Waals surface area contributed by atoms with E-state index in [1.54, 1.807) is 6.08 Å². The Labute approximate surface area is 55.2 Å². The molecule has 0 aliphatic carbocycles. The molecule has 2 nitrogen and oxygen atoms in total. The number of allylic oxidation sites excluding steroid dienone is 1. The van der Waals surface area contributed by atoms with Crippen molar-refractivity contribution < 1.29 is 9.90 Å². The van der Waals surface area contributed by atoms with Gasteiger partial charge < -0.3 is 0 Å². The van der Waals surface area contributed by atoms with Gasteiger partial charge in [-0.25, -0.2) is 9.90 Å². The molecule has 0 saturated carbocycles. The molecule has 0 amide bonds. The Morgan fingerprint density at radius 3 is 2.67 bits per heavy atom. The van der Waals surface area contributed by atoms with Crippen molar-refractivity contribution in [1.82, 2.24) is 0 Å². The molecule has 0 aliphatic rings. The van der Waals surface area contributed by atoms with Crippen molar-refractivity contribution in [2.24, 2.45) is 0 Å². The molecular formula is C7H11O2. The highest BCUT2D eigenvalue weighted by Crippen LogP contribution is 1.93. The normalized spacial score (nSPS) is 10.3. The molecule has 0 unspecified atom stereocenters. The first-order valence-electron chi connectivity index (χ1n) is 3.15. The Morgan fingerprint density at radius 1 is 1.56 bits per heavy atom. The molecule has 0 atom stereocenters. The third-order valence-corrected chi connectivity index (χ3v) is 0.978. The predicted octanol–water partition coefficient (Wildman–Crippen LogP) is 1.69. The zero-order chi connectivity index (χ0) is 7.11. The first-order valence-corrected chi connectivity index (χ1v) is 3.15. The highest BCUT2D eigenvalue weighted by molar-refractivity contribution is 5.79. The van der Waals surface area contributed by atoms with Crippen LogP contribution in [0.3, 0.4) is 0 Å². The van der Waals surface area contributed by atoms with Gasteiger partial charge in [-0.05, 0) is 6.42 Å². The summed E-state index contributed by atoms with van der Waals surface area (Å²) in [6.45, 7) is 2.06. The van der Waals surface area contributed by atoms with Crippen LogP contribution < -0.4 is 0 Å². The second-order valence-corrected chi connectivity index (χ2v) is 1.86. The summed E-state index contributed by atoms with van der Waals surface area (Å²) < 4.78 is 0. The standard InChI is InChI=1S/C7H11O2/c1-2-3-4-5-6-7(8)9/h5-6H,2-4H2,1H3. The maximum Gasteiger partial charge on any atom is 0.378 e. The van der Waals surface area contributed by atoms with Crippen LogP contribution in [-0.4, -0.2) is 5.97 Å². The van der Waals surface area contributed by atoms with Crippen LogP contribution in [0.4, 0.5) is 0 Å². The monoisotopic (exact) mass is 127 g/mol. The molecule has 0 spiro atoms. The Bertz CT molecular complexity index is 105. The lowest BCUT2D eigenvalue weighted by Gasteiger charge is -1.84. The summed E-state index contributed by atoms with van der Waals surface area (Å²) in [6.07, 6.45) is 5.68. The first-order chi connectivity index (χ1) is 4.27. The molecule has 0 N–H and O–H groups in total. The SMILES string of the molecule is CCCCC=CC([O])=O. The molecule has 0 aliphatic heterocycles. The molecule has 0 rings (SSSR count). The van der Waals surface area contributed by atoms with E-state index in [0.717, 1.165) is 25.3 Å². The summed E-state index contributed by atoms with van der Waals surface area (Å²) in [5.74, 6) is -1.11. The van der Waals surface area contributed by atoms with E-state index in [2.05, 4.69) is 6.92 Å². The van der Waals surface area contributed by atoms with E-state index in [9.17, 15) is 9.90 Å². The molecular weight excluding hydrogens is 116 g/mol. The van der Waals surface area contributed by atoms with Crippen LogP contribution in [0.2, 0.25) is 0 Å². The summed E-state index contributed by atoms with van der Waals surface area (Å²) in [7, 11) is 0. The van der Waals surface area contributed by atoms with Crippen LogP contribution in [0.1, 0.15) is 26.2 Å². The molecule has 0 saturated heterocycles. The van der Waals surface area contributed by atoms with Gasteiger partial charge in [0.15, 0.2) is 0 Å². The molecule has 51 valence electrons. The Morgan fingerprint density at radius 2 is 2.22 bits per heavy atom. The van der Waals surface area contributed by atoms with Crippen molar-refractivity contribution in [3.05, 3.63) is 12.2 Å². The molecule has 0 heterocycles. The minimum atomic E-state index is -1.11. The third kappa shape index (κ3) is 7.21. The number of unbranched alkanes of at least 4 members (excludes halogenated alkanes) is 2. The summed E-state index contributed by atoms with van der Waals surface area (Å²) in [4.78, 5) is 9.76. The number of carbonyl (C=O) groups excluding carboxylic acids is 1. The van der Waals surface area contributed by atoms with Gasteiger partial charge in [-0.2, -0.15) is 0 Å². The summed E-state index contributed by atoms with van der Waals surface area (Å²) in [5, 5.41) is 9.76. The van der Waals surface area contributed by atoms with Crippen LogP contribution in [0.15, 0.2) is 12.2 Å². The highest BCUT2D eigenvalue weighted by Gasteiger charge is 1.86. The fourth-order valence-corrected chi connectivity index (χ4v) is 0.502. The lowest BCUT2D eigenvalue weighted by molar-refractivity contribution is -0.137. The average Bonchev–Trinajstić information content (AvgIpc) is 1.80. The van der Waals surface area contributed by atoms with Gasteiger partial charge in [-0.3, -0.25) is 0 Å². The Hall–Kier alpha value is -0.790. The molecule has 9 heavy (non-hydrogen) atoms. The van der Waals surface area contributed by atoms with Gasteiger partial charge in [0.2, 0.25) is 0 Å². The van der Waals surface area contributed by atoms with Gasteiger partial charge in [-0.15, -0.1) is 0 Å². The van der Waals surface area contributed by atoms with Crippen molar-refractivity contribution in [3.8, 4) is 0 Å². The van der Waals surface area contributed by atoms with Gasteiger partial charge in [0, 0.05) is 6.08 Å². The lowest BCUT2D eigenvalue weighted by atomic mass is 10.2. The van der Waals surface area contributed by atoms with E-state index < -0.39 is 5.97 Å². The van der Waals surface area contributed by atoms with Crippen molar-refractivity contribution >= 4 is 5.97 Å². The van der Waals surface area contributed by atoms with Gasteiger partial charge in [0.25, 0.3) is 0 Å². The molecule has 0 aromatic heterocycles. The fourth-order valence-electron chi connectivity index (χ4n) is 0.502. The van der Waals surface area contributed by atoms with E-state index >= 15 is 0 Å². The topological polar surface area (TPSA) is 37.0 Å². The largest absolute Gasteiger partial charge is 0.378 e. The van der Waals surface area contributed by atoms with Gasteiger partial charge in [0.1, 0.15) is 0 Å². The van der Waals surface area contributed by atoms with Crippen LogP contribution in [0, 0.1) is 0 Å². The van der Waals surface area contributed by atoms with Crippen molar-refractivity contribution in [3.63, 3.8) is 0 Å². The van der Waals surface area contributed by atoms with Crippen molar-refractivity contribution in [2.75, 3.05) is 0 Å². The first kappa shape index (κ1) is 8.21. The minimum Gasteiger partial charge on any atom is -0.242 e. The third-order valence-electron chi connectivity index (χ3n) is 0.978. The van der Waals surface area contributed by atoms with E-state index in [4.69, 9.17) is 0 Å². The van der Waals surface area contributed by atoms with E-state index in [1.165, 1.54) is 0 Å². The quantitative estimate of drug-likeness (QED) is 0.418. The van der Waals surface area contributed by atoms with Crippen molar-refractivity contribution in [1.29, 1.82) is 0 Å². The molecule has 2 heteroatoms. The maximum atomic E-state index is 9.76. The molecule has 0 aromatic rings. The predicted molar refractivity (Wildman–Crippen MR) is 34.4 cm³/mol. The number of hydrogen-bond donors (Lipinski definition) is 0. The van der Waals surface area contributed by atoms with Gasteiger partial charge in [0.05, 0.1) is 0 Å². The van der Waals surface area contributed by atoms with Crippen LogP contribution in [0.5, 0.6) is 0 Å². The van der Waals surface area contributed by atoms with E-state index in [1.807, 2.05) is 0 Å². The van der Waals surface area contributed by atoms with Crippen LogP contribution in [0.25, 0.3) is 0 Å². The number of rotatable bonds is 4. The van der Waals surface area contributed by atoms with Crippen LogP contribution in [-0.2, 0) is 9.90 Å². The van der Waals surface area contributed by atoms with Crippen molar-refractivity contribution in [2.45, 2.75) is 26.2 Å². The fraction of sp³-hybridized carbons (Fsp3) is 0.571. The minimum absolute atomic E-state index is 0.838. The number of hydrogen-bond acceptors (Lipinski definition) is 1. The Kier molecular flexibility index (Phi) is 4.88. The maximum absolute atomic E-state index is 9.76. The zero-order valence-corrected chi connectivity index (χ0v) is 5.59. The van der Waals surface area contributed by atoms with Crippen LogP contribution >= 0.6 is 0 Å². The molecule has 0 bridgehead atoms. The highest BCUT2D eigenvalue weighted by atomic mass is 16.4. The average molecular weight is 127 g/mol.